The van der Waals surface area contributed by atoms with Crippen LogP contribution in [-0.2, 0) is 16.5 Å². The van der Waals surface area contributed by atoms with Gasteiger partial charge in [0, 0.05) is 6.61 Å². The fourth-order valence-electron chi connectivity index (χ4n) is 1.25. The molecule has 0 aliphatic carbocycles. The average Bonchev–Trinajstić information content (AvgIpc) is 2.07. The molecule has 0 atom stereocenters. The van der Waals surface area contributed by atoms with Crippen molar-refractivity contribution >= 4 is 10.1 Å². The molecule has 5 heteroatoms. The van der Waals surface area contributed by atoms with Gasteiger partial charge in [-0.3, -0.25) is 4.55 Å². The van der Waals surface area contributed by atoms with Crippen molar-refractivity contribution < 1.29 is 18.1 Å². The van der Waals surface area contributed by atoms with Crippen molar-refractivity contribution in [2.75, 3.05) is 12.9 Å². The maximum absolute atomic E-state index is 9.19. The predicted molar refractivity (Wildman–Crippen MR) is 64.2 cm³/mol. The minimum Gasteiger partial charge on any atom is -0.396 e. The Morgan fingerprint density at radius 3 is 2.12 bits per heavy atom. The van der Waals surface area contributed by atoms with Crippen LogP contribution in [0.15, 0.2) is 18.2 Å². The van der Waals surface area contributed by atoms with Crippen LogP contribution in [0.1, 0.15) is 16.7 Å². The molecule has 0 fully saturated rings. The second-order valence-electron chi connectivity index (χ2n) is 3.64. The van der Waals surface area contributed by atoms with Gasteiger partial charge in [0.15, 0.2) is 0 Å². The van der Waals surface area contributed by atoms with Crippen LogP contribution in [0.3, 0.4) is 0 Å². The van der Waals surface area contributed by atoms with E-state index < -0.39 is 10.1 Å². The van der Waals surface area contributed by atoms with Crippen molar-refractivity contribution in [2.24, 2.45) is 0 Å². The molecule has 0 heterocycles. The first-order valence-electron chi connectivity index (χ1n) is 4.83. The lowest BCUT2D eigenvalue weighted by Crippen LogP contribution is -1.93. The SMILES string of the molecule is CS(=O)(=O)O.Cc1ccc(CCO)c(C)c1. The van der Waals surface area contributed by atoms with Crippen molar-refractivity contribution in [1.82, 2.24) is 0 Å². The third kappa shape index (κ3) is 8.40. The van der Waals surface area contributed by atoms with Gasteiger partial charge >= 0.3 is 0 Å². The molecule has 0 aromatic heterocycles. The van der Waals surface area contributed by atoms with E-state index in [9.17, 15) is 8.42 Å². The summed E-state index contributed by atoms with van der Waals surface area (Å²) in [5, 5.41) is 8.71. The number of hydrogen-bond donors (Lipinski definition) is 2. The summed E-state index contributed by atoms with van der Waals surface area (Å²) in [4.78, 5) is 0. The highest BCUT2D eigenvalue weighted by molar-refractivity contribution is 7.85. The van der Waals surface area contributed by atoms with Crippen molar-refractivity contribution in [1.29, 1.82) is 0 Å². The Bertz CT molecular complexity index is 416. The third-order valence-corrected chi connectivity index (χ3v) is 1.88. The summed E-state index contributed by atoms with van der Waals surface area (Å²) in [5.74, 6) is 0. The van der Waals surface area contributed by atoms with E-state index in [0.717, 1.165) is 6.42 Å². The minimum absolute atomic E-state index is 0.240. The quantitative estimate of drug-likeness (QED) is 0.772. The average molecular weight is 246 g/mol. The lowest BCUT2D eigenvalue weighted by Gasteiger charge is -2.03. The molecular weight excluding hydrogens is 228 g/mol. The Hall–Kier alpha value is -0.910. The van der Waals surface area contributed by atoms with Gasteiger partial charge in [-0.2, -0.15) is 8.42 Å². The third-order valence-electron chi connectivity index (χ3n) is 1.88. The van der Waals surface area contributed by atoms with E-state index in [2.05, 4.69) is 32.0 Å². The first-order valence-corrected chi connectivity index (χ1v) is 6.68. The van der Waals surface area contributed by atoms with E-state index in [0.29, 0.717) is 6.26 Å². The lowest BCUT2D eigenvalue weighted by atomic mass is 10.0. The molecule has 1 rings (SSSR count). The standard InChI is InChI=1S/C10H14O.CH4O3S/c1-8-3-4-10(5-6-11)9(2)7-8;1-5(2,3)4/h3-4,7,11H,5-6H2,1-2H3;1H3,(H,2,3,4). The summed E-state index contributed by atoms with van der Waals surface area (Å²) < 4.78 is 25.9. The van der Waals surface area contributed by atoms with Crippen LogP contribution in [0.4, 0.5) is 0 Å². The van der Waals surface area contributed by atoms with Crippen molar-refractivity contribution in [2.45, 2.75) is 20.3 Å². The second-order valence-corrected chi connectivity index (χ2v) is 5.10. The van der Waals surface area contributed by atoms with Crippen LogP contribution in [0.2, 0.25) is 0 Å². The second kappa shape index (κ2) is 6.62. The van der Waals surface area contributed by atoms with E-state index in [1.165, 1.54) is 16.7 Å². The van der Waals surface area contributed by atoms with Crippen molar-refractivity contribution in [3.8, 4) is 0 Å². The van der Waals surface area contributed by atoms with Gasteiger partial charge in [-0.15, -0.1) is 0 Å². The Kier molecular flexibility index (Phi) is 6.25. The van der Waals surface area contributed by atoms with Crippen LogP contribution in [0, 0.1) is 13.8 Å². The molecule has 0 saturated heterocycles. The maximum atomic E-state index is 9.19. The molecule has 0 spiro atoms. The molecule has 16 heavy (non-hydrogen) atoms. The zero-order valence-electron chi connectivity index (χ0n) is 9.77. The highest BCUT2D eigenvalue weighted by Gasteiger charge is 1.96. The Balaban J connectivity index is 0.000000385. The highest BCUT2D eigenvalue weighted by Crippen LogP contribution is 2.10. The van der Waals surface area contributed by atoms with Crippen molar-refractivity contribution in [3.63, 3.8) is 0 Å². The summed E-state index contributed by atoms with van der Waals surface area (Å²) in [7, 11) is -3.67. The lowest BCUT2D eigenvalue weighted by molar-refractivity contribution is 0.299. The monoisotopic (exact) mass is 246 g/mol. The van der Waals surface area contributed by atoms with Gasteiger partial charge in [-0.1, -0.05) is 23.8 Å². The first kappa shape index (κ1) is 15.1. The molecule has 0 saturated carbocycles. The van der Waals surface area contributed by atoms with Gasteiger partial charge < -0.3 is 5.11 Å². The molecule has 4 nitrogen and oxygen atoms in total. The fraction of sp³-hybridized carbons (Fsp3) is 0.455. The number of aliphatic hydroxyl groups is 1. The Morgan fingerprint density at radius 1 is 1.25 bits per heavy atom. The number of benzene rings is 1. The van der Waals surface area contributed by atoms with Crippen LogP contribution >= 0.6 is 0 Å². The molecule has 0 aliphatic heterocycles. The van der Waals surface area contributed by atoms with E-state index in [1.54, 1.807) is 0 Å². The van der Waals surface area contributed by atoms with Crippen LogP contribution in [0.5, 0.6) is 0 Å². The Labute approximate surface area is 96.7 Å². The molecule has 0 unspecified atom stereocenters. The Morgan fingerprint density at radius 2 is 1.75 bits per heavy atom. The molecule has 92 valence electrons. The van der Waals surface area contributed by atoms with E-state index in [-0.39, 0.29) is 6.61 Å². The number of aliphatic hydroxyl groups excluding tert-OH is 1. The van der Waals surface area contributed by atoms with Gasteiger partial charge in [-0.05, 0) is 31.4 Å². The smallest absolute Gasteiger partial charge is 0.261 e. The molecule has 0 amide bonds. The number of aryl methyl sites for hydroxylation is 2. The number of hydrogen-bond acceptors (Lipinski definition) is 3. The summed E-state index contributed by atoms with van der Waals surface area (Å²) >= 11 is 0. The molecule has 0 radical (unpaired) electrons. The topological polar surface area (TPSA) is 74.6 Å². The van der Waals surface area contributed by atoms with Gasteiger partial charge in [0.05, 0.1) is 6.26 Å². The highest BCUT2D eigenvalue weighted by atomic mass is 32.2. The van der Waals surface area contributed by atoms with E-state index in [4.69, 9.17) is 9.66 Å². The van der Waals surface area contributed by atoms with Crippen LogP contribution < -0.4 is 0 Å². The normalized spacial score (nSPS) is 10.6. The maximum Gasteiger partial charge on any atom is 0.261 e. The van der Waals surface area contributed by atoms with E-state index >= 15 is 0 Å². The van der Waals surface area contributed by atoms with Gasteiger partial charge in [0.1, 0.15) is 0 Å². The van der Waals surface area contributed by atoms with Gasteiger partial charge in [-0.25, -0.2) is 0 Å². The minimum atomic E-state index is -3.67. The predicted octanol–water partition coefficient (Wildman–Crippen LogP) is 1.34. The molecule has 0 bridgehead atoms. The summed E-state index contributed by atoms with van der Waals surface area (Å²) in [6, 6.07) is 6.31. The zero-order valence-corrected chi connectivity index (χ0v) is 10.6. The molecule has 1 aromatic rings. The summed E-state index contributed by atoms with van der Waals surface area (Å²) in [6.45, 7) is 4.40. The largest absolute Gasteiger partial charge is 0.396 e. The van der Waals surface area contributed by atoms with Crippen molar-refractivity contribution in [3.05, 3.63) is 34.9 Å². The summed E-state index contributed by atoms with van der Waals surface area (Å²) in [5.41, 5.74) is 3.81. The molecular formula is C11H18O4S. The summed E-state index contributed by atoms with van der Waals surface area (Å²) in [6.07, 6.45) is 1.49. The molecule has 2 N–H and O–H groups in total. The van der Waals surface area contributed by atoms with Crippen LogP contribution in [-0.4, -0.2) is 30.9 Å². The molecule has 0 aliphatic rings. The fourth-order valence-corrected chi connectivity index (χ4v) is 1.25. The molecule has 1 aromatic carbocycles. The first-order chi connectivity index (χ1) is 7.24. The zero-order chi connectivity index (χ0) is 12.8. The van der Waals surface area contributed by atoms with Gasteiger partial charge in [0.25, 0.3) is 10.1 Å². The van der Waals surface area contributed by atoms with E-state index in [1.807, 2.05) is 0 Å². The van der Waals surface area contributed by atoms with Crippen LogP contribution in [0.25, 0.3) is 0 Å². The van der Waals surface area contributed by atoms with Gasteiger partial charge in [0.2, 0.25) is 0 Å². The number of rotatable bonds is 2.